The lowest BCUT2D eigenvalue weighted by molar-refractivity contribution is -0.117. The molecule has 0 saturated carbocycles. The number of para-hydroxylation sites is 1. The number of carbonyl (C=O) groups excluding carboxylic acids is 1. The number of halogens is 2. The smallest absolute Gasteiger partial charge is 0.258 e. The van der Waals surface area contributed by atoms with Crippen molar-refractivity contribution < 1.29 is 9.18 Å². The van der Waals surface area contributed by atoms with Gasteiger partial charge in [-0.15, -0.1) is 0 Å². The summed E-state index contributed by atoms with van der Waals surface area (Å²) in [6.07, 6.45) is 0. The van der Waals surface area contributed by atoms with E-state index >= 15 is 0 Å². The molecule has 134 valence electrons. The summed E-state index contributed by atoms with van der Waals surface area (Å²) in [6, 6.07) is 11.5. The number of carbonyl (C=O) groups is 1. The molecule has 6 nitrogen and oxygen atoms in total. The summed E-state index contributed by atoms with van der Waals surface area (Å²) in [6.45, 7) is 0.294. The van der Waals surface area contributed by atoms with Crippen LogP contribution in [0.1, 0.15) is 5.82 Å². The van der Waals surface area contributed by atoms with Crippen LogP contribution >= 0.6 is 15.9 Å². The van der Waals surface area contributed by atoms with Crippen LogP contribution in [0.15, 0.2) is 51.7 Å². The highest BCUT2D eigenvalue weighted by Crippen LogP contribution is 2.19. The summed E-state index contributed by atoms with van der Waals surface area (Å²) >= 11 is 3.17. The third kappa shape index (κ3) is 4.33. The van der Waals surface area contributed by atoms with Crippen molar-refractivity contribution in [3.63, 3.8) is 0 Å². The highest BCUT2D eigenvalue weighted by atomic mass is 79.9. The standard InChI is InChI=1S/C18H16BrFN4O2/c1-24(10-17(25)22-15-7-6-11(19)8-13(15)20)9-16-21-14-5-3-2-4-12(14)18(26)23-16/h2-8H,9-10H2,1H3,(H,22,25)(H,21,23,26). The SMILES string of the molecule is CN(CC(=O)Nc1ccc(Br)cc1F)Cc1nc2ccccc2c(=O)[nH]1. The first kappa shape index (κ1) is 18.2. The van der Waals surface area contributed by atoms with Gasteiger partial charge in [0.1, 0.15) is 11.6 Å². The Kier molecular flexibility index (Phi) is 5.43. The highest BCUT2D eigenvalue weighted by Gasteiger charge is 2.12. The number of fused-ring (bicyclic) bond motifs is 1. The van der Waals surface area contributed by atoms with Gasteiger partial charge in [-0.3, -0.25) is 14.5 Å². The van der Waals surface area contributed by atoms with Crippen molar-refractivity contribution in [2.24, 2.45) is 0 Å². The lowest BCUT2D eigenvalue weighted by atomic mass is 10.2. The minimum absolute atomic E-state index is 0.0199. The number of anilines is 1. The molecule has 26 heavy (non-hydrogen) atoms. The Bertz CT molecular complexity index is 1020. The van der Waals surface area contributed by atoms with Gasteiger partial charge in [0, 0.05) is 4.47 Å². The first-order chi connectivity index (χ1) is 12.4. The first-order valence-corrected chi connectivity index (χ1v) is 8.63. The number of aromatic nitrogens is 2. The van der Waals surface area contributed by atoms with Crippen molar-refractivity contribution in [3.05, 3.63) is 68.9 Å². The fourth-order valence-corrected chi connectivity index (χ4v) is 2.88. The molecule has 1 heterocycles. The van der Waals surface area contributed by atoms with Gasteiger partial charge in [0.25, 0.3) is 5.56 Å². The lowest BCUT2D eigenvalue weighted by Crippen LogP contribution is -2.31. The van der Waals surface area contributed by atoms with Crippen LogP contribution in [0.25, 0.3) is 10.9 Å². The van der Waals surface area contributed by atoms with Gasteiger partial charge in [-0.05, 0) is 37.4 Å². The third-order valence-electron chi connectivity index (χ3n) is 3.70. The number of rotatable bonds is 5. The van der Waals surface area contributed by atoms with Crippen molar-refractivity contribution in [1.29, 1.82) is 0 Å². The summed E-state index contributed by atoms with van der Waals surface area (Å²) in [4.78, 5) is 33.0. The Morgan fingerprint density at radius 3 is 2.85 bits per heavy atom. The van der Waals surface area contributed by atoms with Crippen LogP contribution in [0.4, 0.5) is 10.1 Å². The second-order valence-electron chi connectivity index (χ2n) is 5.87. The van der Waals surface area contributed by atoms with Crippen LogP contribution in [-0.2, 0) is 11.3 Å². The molecular weight excluding hydrogens is 403 g/mol. The van der Waals surface area contributed by atoms with Gasteiger partial charge in [-0.2, -0.15) is 0 Å². The normalized spacial score (nSPS) is 11.1. The molecule has 0 spiro atoms. The third-order valence-corrected chi connectivity index (χ3v) is 4.19. The van der Waals surface area contributed by atoms with Crippen LogP contribution in [0.5, 0.6) is 0 Å². The van der Waals surface area contributed by atoms with Crippen LogP contribution in [0, 0.1) is 5.82 Å². The average Bonchev–Trinajstić information content (AvgIpc) is 2.57. The zero-order chi connectivity index (χ0) is 18.7. The van der Waals surface area contributed by atoms with Gasteiger partial charge in [0.15, 0.2) is 0 Å². The minimum atomic E-state index is -0.518. The minimum Gasteiger partial charge on any atom is -0.322 e. The van der Waals surface area contributed by atoms with E-state index in [-0.39, 0.29) is 30.2 Å². The van der Waals surface area contributed by atoms with Crippen LogP contribution in [0.3, 0.4) is 0 Å². The number of hydrogen-bond acceptors (Lipinski definition) is 4. The molecule has 0 aliphatic carbocycles. The zero-order valence-corrected chi connectivity index (χ0v) is 15.5. The maximum atomic E-state index is 13.8. The van der Waals surface area contributed by atoms with E-state index in [2.05, 4.69) is 31.2 Å². The fraction of sp³-hybridized carbons (Fsp3) is 0.167. The quantitative estimate of drug-likeness (QED) is 0.667. The van der Waals surface area contributed by atoms with E-state index in [0.29, 0.717) is 21.2 Å². The van der Waals surface area contributed by atoms with E-state index < -0.39 is 5.82 Å². The van der Waals surface area contributed by atoms with Crippen molar-refractivity contribution in [3.8, 4) is 0 Å². The number of amides is 1. The molecule has 3 rings (SSSR count). The number of benzene rings is 2. The monoisotopic (exact) mass is 418 g/mol. The van der Waals surface area contributed by atoms with Gasteiger partial charge in [0.05, 0.1) is 29.7 Å². The summed E-state index contributed by atoms with van der Waals surface area (Å²) in [7, 11) is 1.71. The molecule has 8 heteroatoms. The molecular formula is C18H16BrFN4O2. The van der Waals surface area contributed by atoms with Gasteiger partial charge in [0.2, 0.25) is 5.91 Å². The molecule has 0 fully saturated rings. The van der Waals surface area contributed by atoms with E-state index in [9.17, 15) is 14.0 Å². The van der Waals surface area contributed by atoms with Gasteiger partial charge in [-0.25, -0.2) is 9.37 Å². The Balaban J connectivity index is 1.66. The number of nitrogens with one attached hydrogen (secondary N) is 2. The molecule has 0 unspecified atom stereocenters. The average molecular weight is 419 g/mol. The highest BCUT2D eigenvalue weighted by molar-refractivity contribution is 9.10. The molecule has 0 aliphatic rings. The van der Waals surface area contributed by atoms with E-state index in [1.54, 1.807) is 36.2 Å². The fourth-order valence-electron chi connectivity index (χ4n) is 2.55. The Morgan fingerprint density at radius 2 is 2.08 bits per heavy atom. The number of H-pyrrole nitrogens is 1. The van der Waals surface area contributed by atoms with Gasteiger partial charge in [-0.1, -0.05) is 28.1 Å². The van der Waals surface area contributed by atoms with Crippen molar-refractivity contribution >= 4 is 38.4 Å². The van der Waals surface area contributed by atoms with Gasteiger partial charge >= 0.3 is 0 Å². The number of hydrogen-bond donors (Lipinski definition) is 2. The van der Waals surface area contributed by atoms with E-state index in [4.69, 9.17) is 0 Å². The Hall–Kier alpha value is -2.58. The summed E-state index contributed by atoms with van der Waals surface area (Å²) in [5.41, 5.74) is 0.491. The molecule has 3 aromatic rings. The zero-order valence-electron chi connectivity index (χ0n) is 13.9. The van der Waals surface area contributed by atoms with Gasteiger partial charge < -0.3 is 10.3 Å². The predicted molar refractivity (Wildman–Crippen MR) is 101 cm³/mol. The Labute approximate surface area is 157 Å². The molecule has 0 atom stereocenters. The lowest BCUT2D eigenvalue weighted by Gasteiger charge is -2.16. The Morgan fingerprint density at radius 1 is 1.31 bits per heavy atom. The van der Waals surface area contributed by atoms with Crippen LogP contribution in [0.2, 0.25) is 0 Å². The van der Waals surface area contributed by atoms with E-state index in [1.165, 1.54) is 12.1 Å². The molecule has 2 aromatic carbocycles. The summed E-state index contributed by atoms with van der Waals surface area (Å²) in [5.74, 6) is -0.424. The number of aromatic amines is 1. The van der Waals surface area contributed by atoms with E-state index in [1.807, 2.05) is 6.07 Å². The van der Waals surface area contributed by atoms with Crippen molar-refractivity contribution in [1.82, 2.24) is 14.9 Å². The second kappa shape index (κ2) is 7.76. The molecule has 1 amide bonds. The van der Waals surface area contributed by atoms with Crippen molar-refractivity contribution in [2.45, 2.75) is 6.54 Å². The number of likely N-dealkylation sites (N-methyl/N-ethyl adjacent to an activating group) is 1. The molecule has 0 bridgehead atoms. The topological polar surface area (TPSA) is 78.1 Å². The van der Waals surface area contributed by atoms with E-state index in [0.717, 1.165) is 0 Å². The number of nitrogens with zero attached hydrogens (tertiary/aromatic N) is 2. The molecule has 0 saturated heterocycles. The molecule has 0 aliphatic heterocycles. The van der Waals surface area contributed by atoms with Crippen LogP contribution in [-0.4, -0.2) is 34.4 Å². The summed E-state index contributed by atoms with van der Waals surface area (Å²) in [5, 5.41) is 3.04. The summed E-state index contributed by atoms with van der Waals surface area (Å²) < 4.78 is 14.4. The molecule has 1 aromatic heterocycles. The van der Waals surface area contributed by atoms with Crippen molar-refractivity contribution in [2.75, 3.05) is 18.9 Å². The second-order valence-corrected chi connectivity index (χ2v) is 6.79. The van der Waals surface area contributed by atoms with Crippen LogP contribution < -0.4 is 10.9 Å². The maximum Gasteiger partial charge on any atom is 0.258 e. The first-order valence-electron chi connectivity index (χ1n) is 7.84. The molecule has 0 radical (unpaired) electrons. The largest absolute Gasteiger partial charge is 0.322 e. The predicted octanol–water partition coefficient (Wildman–Crippen LogP) is 2.90. The molecule has 2 N–H and O–H groups in total. The maximum absolute atomic E-state index is 13.8.